The van der Waals surface area contributed by atoms with Gasteiger partial charge in [0, 0.05) is 37.3 Å². The Morgan fingerprint density at radius 1 is 1.07 bits per heavy atom. The zero-order chi connectivity index (χ0) is 30.7. The van der Waals surface area contributed by atoms with Crippen molar-refractivity contribution in [1.29, 1.82) is 0 Å². The quantitative estimate of drug-likeness (QED) is 0.295. The molecule has 1 aliphatic heterocycles. The van der Waals surface area contributed by atoms with Crippen molar-refractivity contribution in [2.75, 3.05) is 40.3 Å². The molecule has 1 amide bonds. The van der Waals surface area contributed by atoms with Gasteiger partial charge < -0.3 is 19.6 Å². The minimum Gasteiger partial charge on any atom is -0.496 e. The number of ketones is 1. The number of carbonyl (C=O) groups excluding carboxylic acids is 1. The number of carbonyl (C=O) groups is 2. The van der Waals surface area contributed by atoms with Crippen molar-refractivity contribution in [1.82, 2.24) is 24.6 Å². The SMILES string of the molecule is COc1cc2nn(C3CCC(CN(C)CCC4CCN(C(=O)O)CC4)CC3)cc2cc1C(=O)c1cccc(C(F)(F)F)n1. The summed E-state index contributed by atoms with van der Waals surface area (Å²) in [4.78, 5) is 31.8. The summed E-state index contributed by atoms with van der Waals surface area (Å²) in [5.41, 5.74) is -0.625. The summed E-state index contributed by atoms with van der Waals surface area (Å²) in [5.74, 6) is 0.775. The molecule has 2 aromatic heterocycles. The molecule has 12 heteroatoms. The average molecular weight is 602 g/mol. The number of pyridine rings is 1. The monoisotopic (exact) mass is 601 g/mol. The highest BCUT2D eigenvalue weighted by Gasteiger charge is 2.33. The number of methoxy groups -OCH3 is 1. The van der Waals surface area contributed by atoms with E-state index in [9.17, 15) is 22.8 Å². The Kier molecular flexibility index (Phi) is 9.24. The third-order valence-electron chi connectivity index (χ3n) is 8.92. The molecule has 0 atom stereocenters. The predicted octanol–water partition coefficient (Wildman–Crippen LogP) is 6.13. The van der Waals surface area contributed by atoms with Crippen molar-refractivity contribution in [3.63, 3.8) is 0 Å². The minimum atomic E-state index is -4.65. The van der Waals surface area contributed by atoms with Crippen LogP contribution >= 0.6 is 0 Å². The molecule has 2 aliphatic rings. The van der Waals surface area contributed by atoms with Gasteiger partial charge in [0.2, 0.25) is 5.78 Å². The molecule has 0 radical (unpaired) electrons. The van der Waals surface area contributed by atoms with Crippen LogP contribution in [-0.2, 0) is 6.18 Å². The molecular weight excluding hydrogens is 563 g/mol. The van der Waals surface area contributed by atoms with E-state index in [2.05, 4.69) is 16.9 Å². The van der Waals surface area contributed by atoms with E-state index in [0.29, 0.717) is 35.8 Å². The number of halogens is 3. The molecule has 3 heterocycles. The molecule has 9 nitrogen and oxygen atoms in total. The van der Waals surface area contributed by atoms with Gasteiger partial charge in [0.1, 0.15) is 17.1 Å². The first-order valence-corrected chi connectivity index (χ1v) is 14.8. The summed E-state index contributed by atoms with van der Waals surface area (Å²) in [7, 11) is 3.58. The Labute approximate surface area is 248 Å². The van der Waals surface area contributed by atoms with Crippen LogP contribution in [-0.4, -0.2) is 81.9 Å². The zero-order valence-electron chi connectivity index (χ0n) is 24.5. The fourth-order valence-electron chi connectivity index (χ4n) is 6.40. The lowest BCUT2D eigenvalue weighted by atomic mass is 9.85. The highest BCUT2D eigenvalue weighted by atomic mass is 19.4. The largest absolute Gasteiger partial charge is 0.496 e. The molecule has 1 saturated heterocycles. The maximum absolute atomic E-state index is 13.2. The number of fused-ring (bicyclic) bond motifs is 1. The van der Waals surface area contributed by atoms with Crippen LogP contribution in [0, 0.1) is 11.8 Å². The van der Waals surface area contributed by atoms with Gasteiger partial charge >= 0.3 is 12.3 Å². The number of amides is 1. The van der Waals surface area contributed by atoms with Gasteiger partial charge in [-0.15, -0.1) is 0 Å². The molecule has 5 rings (SSSR count). The summed E-state index contributed by atoms with van der Waals surface area (Å²) in [6.07, 6.45) is 3.53. The van der Waals surface area contributed by atoms with Gasteiger partial charge in [0.05, 0.1) is 24.2 Å². The van der Waals surface area contributed by atoms with E-state index in [1.54, 1.807) is 12.1 Å². The summed E-state index contributed by atoms with van der Waals surface area (Å²) in [6.45, 7) is 3.32. The molecule has 3 aromatic rings. The Balaban J connectivity index is 1.17. The molecule has 0 bridgehead atoms. The van der Waals surface area contributed by atoms with Gasteiger partial charge in [0.25, 0.3) is 0 Å². The topological polar surface area (TPSA) is 101 Å². The van der Waals surface area contributed by atoms with Crippen molar-refractivity contribution >= 4 is 22.8 Å². The van der Waals surface area contributed by atoms with Gasteiger partial charge in [-0.05, 0) is 88.6 Å². The number of nitrogens with zero attached hydrogens (tertiary/aromatic N) is 5. The van der Waals surface area contributed by atoms with Crippen LogP contribution < -0.4 is 4.74 Å². The van der Waals surface area contributed by atoms with Crippen LogP contribution in [0.2, 0.25) is 0 Å². The normalized spacial score (nSPS) is 20.1. The molecule has 1 aliphatic carbocycles. The van der Waals surface area contributed by atoms with Crippen molar-refractivity contribution in [3.05, 3.63) is 53.5 Å². The molecule has 1 N–H and O–H groups in total. The Morgan fingerprint density at radius 2 is 1.79 bits per heavy atom. The Bertz CT molecular complexity index is 1440. The molecule has 1 saturated carbocycles. The number of carboxylic acid groups (broad SMARTS) is 1. The van der Waals surface area contributed by atoms with E-state index >= 15 is 0 Å². The van der Waals surface area contributed by atoms with Gasteiger partial charge in [-0.2, -0.15) is 18.3 Å². The first-order valence-electron chi connectivity index (χ1n) is 14.8. The average Bonchev–Trinajstić information content (AvgIpc) is 3.42. The van der Waals surface area contributed by atoms with Gasteiger partial charge in [-0.3, -0.25) is 9.48 Å². The smallest absolute Gasteiger partial charge is 0.433 e. The van der Waals surface area contributed by atoms with Crippen LogP contribution in [0.25, 0.3) is 10.9 Å². The number of ether oxygens (including phenoxy) is 1. The first kappa shape index (κ1) is 30.8. The molecule has 2 fully saturated rings. The van der Waals surface area contributed by atoms with Crippen LogP contribution in [0.5, 0.6) is 5.75 Å². The summed E-state index contributed by atoms with van der Waals surface area (Å²) in [5, 5.41) is 14.6. The minimum absolute atomic E-state index is 0.139. The Hall–Kier alpha value is -3.67. The highest BCUT2D eigenvalue weighted by molar-refractivity contribution is 6.11. The van der Waals surface area contributed by atoms with Gasteiger partial charge in [-0.25, -0.2) is 9.78 Å². The highest BCUT2D eigenvalue weighted by Crippen LogP contribution is 2.35. The maximum Gasteiger partial charge on any atom is 0.433 e. The lowest BCUT2D eigenvalue weighted by Gasteiger charge is -2.33. The number of benzene rings is 1. The van der Waals surface area contributed by atoms with Crippen LogP contribution in [0.3, 0.4) is 0 Å². The fourth-order valence-corrected chi connectivity index (χ4v) is 6.40. The number of alkyl halides is 3. The third kappa shape index (κ3) is 7.29. The van der Waals surface area contributed by atoms with Crippen LogP contribution in [0.4, 0.5) is 18.0 Å². The summed E-state index contributed by atoms with van der Waals surface area (Å²) >= 11 is 0. The zero-order valence-corrected chi connectivity index (χ0v) is 24.5. The van der Waals surface area contributed by atoms with Crippen LogP contribution in [0.15, 0.2) is 36.5 Å². The van der Waals surface area contributed by atoms with Gasteiger partial charge in [0.15, 0.2) is 0 Å². The third-order valence-corrected chi connectivity index (χ3v) is 8.92. The molecule has 43 heavy (non-hydrogen) atoms. The second-order valence-electron chi connectivity index (χ2n) is 11.9. The Morgan fingerprint density at radius 3 is 2.44 bits per heavy atom. The lowest BCUT2D eigenvalue weighted by molar-refractivity contribution is -0.141. The lowest BCUT2D eigenvalue weighted by Crippen LogP contribution is -2.38. The number of hydrogen-bond acceptors (Lipinski definition) is 6. The molecular formula is C31H38F3N5O4. The number of likely N-dealkylation sites (tertiary alicyclic amines) is 1. The fraction of sp³-hybridized carbons (Fsp3) is 0.548. The first-order chi connectivity index (χ1) is 20.5. The second-order valence-corrected chi connectivity index (χ2v) is 11.9. The van der Waals surface area contributed by atoms with E-state index in [1.807, 2.05) is 10.9 Å². The van der Waals surface area contributed by atoms with E-state index in [4.69, 9.17) is 14.9 Å². The van der Waals surface area contributed by atoms with E-state index in [0.717, 1.165) is 64.1 Å². The van der Waals surface area contributed by atoms with Crippen LogP contribution in [0.1, 0.15) is 72.7 Å². The van der Waals surface area contributed by atoms with Crippen molar-refractivity contribution < 1.29 is 32.6 Å². The number of rotatable bonds is 9. The predicted molar refractivity (Wildman–Crippen MR) is 154 cm³/mol. The number of aromatic nitrogens is 3. The molecule has 232 valence electrons. The summed E-state index contributed by atoms with van der Waals surface area (Å²) in [6, 6.07) is 6.78. The van der Waals surface area contributed by atoms with Gasteiger partial charge in [-0.1, -0.05) is 6.07 Å². The summed E-state index contributed by atoms with van der Waals surface area (Å²) < 4.78 is 46.9. The van der Waals surface area contributed by atoms with E-state index < -0.39 is 23.7 Å². The maximum atomic E-state index is 13.2. The molecule has 0 unspecified atom stereocenters. The van der Waals surface area contributed by atoms with Crippen molar-refractivity contribution in [2.24, 2.45) is 11.8 Å². The van der Waals surface area contributed by atoms with Crippen molar-refractivity contribution in [3.8, 4) is 5.75 Å². The number of hydrogen-bond donors (Lipinski definition) is 1. The second kappa shape index (κ2) is 12.9. The number of piperidine rings is 1. The van der Waals surface area contributed by atoms with E-state index in [-0.39, 0.29) is 23.0 Å². The molecule has 0 spiro atoms. The van der Waals surface area contributed by atoms with Crippen molar-refractivity contribution in [2.45, 2.75) is 57.2 Å². The molecule has 1 aromatic carbocycles. The van der Waals surface area contributed by atoms with E-state index in [1.165, 1.54) is 24.1 Å². The standard InChI is InChI=1S/C31H38F3N5O4/c1-37(13-10-20-11-14-38(15-12-20)30(41)42)18-21-6-8-23(9-7-21)39-19-22-16-24(27(43-2)17-26(22)36-39)29(40)25-4-3-5-28(35-25)31(32,33)34/h3-5,16-17,19-21,23H,6-15,18H2,1-2H3,(H,41,42).